The van der Waals surface area contributed by atoms with E-state index in [2.05, 4.69) is 5.32 Å². The van der Waals surface area contributed by atoms with Gasteiger partial charge in [-0.3, -0.25) is 25.0 Å². The number of nitro benzene ring substituents is 1. The average Bonchev–Trinajstić information content (AvgIpc) is 2.88. The molecule has 1 saturated heterocycles. The van der Waals surface area contributed by atoms with Gasteiger partial charge in [-0.25, -0.2) is 9.69 Å². The molecule has 13 heteroatoms. The number of rotatable bonds is 8. The molecular formula is C26H18Cl2IN3O7. The van der Waals surface area contributed by atoms with Crippen molar-refractivity contribution in [1.82, 2.24) is 5.32 Å². The first kappa shape index (κ1) is 28.3. The molecule has 4 amide bonds. The Labute approximate surface area is 245 Å². The third kappa shape index (κ3) is 6.32. The van der Waals surface area contributed by atoms with E-state index in [9.17, 15) is 24.5 Å². The number of imide groups is 2. The summed E-state index contributed by atoms with van der Waals surface area (Å²) in [6.45, 7) is 2.11. The maximum absolute atomic E-state index is 13.2. The topological polar surface area (TPSA) is 128 Å². The van der Waals surface area contributed by atoms with E-state index in [-0.39, 0.29) is 33.6 Å². The number of barbiturate groups is 1. The molecule has 0 aliphatic carbocycles. The van der Waals surface area contributed by atoms with Crippen LogP contribution >= 0.6 is 45.8 Å². The van der Waals surface area contributed by atoms with Gasteiger partial charge in [0, 0.05) is 12.1 Å². The highest BCUT2D eigenvalue weighted by molar-refractivity contribution is 14.1. The van der Waals surface area contributed by atoms with Crippen molar-refractivity contribution in [3.05, 3.63) is 95.0 Å². The van der Waals surface area contributed by atoms with Crippen LogP contribution in [0, 0.1) is 13.7 Å². The smallest absolute Gasteiger partial charge is 0.335 e. The van der Waals surface area contributed by atoms with Crippen molar-refractivity contribution in [3.63, 3.8) is 0 Å². The lowest BCUT2D eigenvalue weighted by atomic mass is 10.1. The monoisotopic (exact) mass is 681 g/mol. The van der Waals surface area contributed by atoms with E-state index in [1.165, 1.54) is 36.4 Å². The first-order valence-electron chi connectivity index (χ1n) is 11.3. The molecule has 0 bridgehead atoms. The zero-order chi connectivity index (χ0) is 28.3. The molecule has 0 aromatic heterocycles. The average molecular weight is 682 g/mol. The number of anilines is 1. The van der Waals surface area contributed by atoms with Crippen LogP contribution in [0.15, 0.2) is 60.2 Å². The van der Waals surface area contributed by atoms with Crippen LogP contribution in [0.1, 0.15) is 18.1 Å². The zero-order valence-corrected chi connectivity index (χ0v) is 23.7. The summed E-state index contributed by atoms with van der Waals surface area (Å²) < 4.78 is 12.3. The molecule has 1 heterocycles. The van der Waals surface area contributed by atoms with Gasteiger partial charge in [0.25, 0.3) is 17.5 Å². The molecule has 3 aromatic carbocycles. The number of carbonyl (C=O) groups excluding carboxylic acids is 3. The summed E-state index contributed by atoms with van der Waals surface area (Å²) in [5, 5.41) is 13.6. The first-order chi connectivity index (χ1) is 18.6. The summed E-state index contributed by atoms with van der Waals surface area (Å²) >= 11 is 14.0. The molecule has 200 valence electrons. The van der Waals surface area contributed by atoms with Gasteiger partial charge in [-0.15, -0.1) is 0 Å². The number of hydrogen-bond acceptors (Lipinski definition) is 7. The van der Waals surface area contributed by atoms with Crippen molar-refractivity contribution in [1.29, 1.82) is 0 Å². The SMILES string of the molecule is CCOc1cc(/C=C2\C(=O)NC(=O)N(c3ccc(Cl)c(Cl)c3)C2=O)cc(I)c1OCc1cccc([N+](=O)[O-])c1. The zero-order valence-electron chi connectivity index (χ0n) is 20.1. The number of urea groups is 1. The Morgan fingerprint density at radius 3 is 2.51 bits per heavy atom. The van der Waals surface area contributed by atoms with E-state index in [4.69, 9.17) is 32.7 Å². The Morgan fingerprint density at radius 1 is 1.05 bits per heavy atom. The van der Waals surface area contributed by atoms with Crippen LogP contribution in [-0.2, 0) is 16.2 Å². The van der Waals surface area contributed by atoms with Crippen LogP contribution in [-0.4, -0.2) is 29.4 Å². The lowest BCUT2D eigenvalue weighted by Crippen LogP contribution is -2.54. The molecule has 0 radical (unpaired) electrons. The van der Waals surface area contributed by atoms with Crippen molar-refractivity contribution in [2.24, 2.45) is 0 Å². The molecule has 1 aliphatic rings. The number of halogens is 3. The molecule has 1 fully saturated rings. The van der Waals surface area contributed by atoms with Gasteiger partial charge < -0.3 is 9.47 Å². The maximum Gasteiger partial charge on any atom is 0.335 e. The number of ether oxygens (including phenoxy) is 2. The van der Waals surface area contributed by atoms with E-state index >= 15 is 0 Å². The molecule has 0 saturated carbocycles. The molecule has 1 aliphatic heterocycles. The number of carbonyl (C=O) groups is 3. The summed E-state index contributed by atoms with van der Waals surface area (Å²) in [6.07, 6.45) is 1.34. The van der Waals surface area contributed by atoms with Crippen LogP contribution in [0.2, 0.25) is 10.0 Å². The maximum atomic E-state index is 13.2. The minimum absolute atomic E-state index is 0.0415. The first-order valence-corrected chi connectivity index (χ1v) is 13.1. The van der Waals surface area contributed by atoms with Crippen LogP contribution in [0.25, 0.3) is 6.08 Å². The highest BCUT2D eigenvalue weighted by Crippen LogP contribution is 2.36. The Morgan fingerprint density at radius 2 is 1.82 bits per heavy atom. The number of non-ortho nitro benzene ring substituents is 1. The van der Waals surface area contributed by atoms with Crippen molar-refractivity contribution < 1.29 is 28.8 Å². The standard InChI is InChI=1S/C26H18Cl2IN3O7/c1-2-38-22-11-15(10-21(29)23(22)39-13-14-4-3-5-17(8-14)32(36)37)9-18-24(33)30-26(35)31(25(18)34)16-6-7-19(27)20(28)12-16/h3-12H,2,13H2,1H3,(H,30,33,35)/b18-9+. The Kier molecular flexibility index (Phi) is 8.73. The van der Waals surface area contributed by atoms with Crippen LogP contribution in [0.3, 0.4) is 0 Å². The van der Waals surface area contributed by atoms with Crippen LogP contribution in [0.4, 0.5) is 16.2 Å². The van der Waals surface area contributed by atoms with Crippen molar-refractivity contribution in [2.75, 3.05) is 11.5 Å². The highest BCUT2D eigenvalue weighted by atomic mass is 127. The van der Waals surface area contributed by atoms with Gasteiger partial charge in [-0.05, 0) is 77.0 Å². The molecule has 0 atom stereocenters. The van der Waals surface area contributed by atoms with Crippen molar-refractivity contribution in [2.45, 2.75) is 13.5 Å². The molecule has 0 unspecified atom stereocenters. The van der Waals surface area contributed by atoms with Gasteiger partial charge in [-0.2, -0.15) is 0 Å². The fourth-order valence-electron chi connectivity index (χ4n) is 3.67. The Balaban J connectivity index is 1.65. The van der Waals surface area contributed by atoms with Gasteiger partial charge in [0.05, 0.1) is 30.8 Å². The van der Waals surface area contributed by atoms with Gasteiger partial charge >= 0.3 is 6.03 Å². The second kappa shape index (κ2) is 12.0. The Bertz CT molecular complexity index is 1540. The van der Waals surface area contributed by atoms with Crippen LogP contribution in [0.5, 0.6) is 11.5 Å². The van der Waals surface area contributed by atoms with Gasteiger partial charge in [0.2, 0.25) is 0 Å². The summed E-state index contributed by atoms with van der Waals surface area (Å²) in [5.74, 6) is -0.984. The molecule has 39 heavy (non-hydrogen) atoms. The Hall–Kier alpha value is -3.68. The minimum Gasteiger partial charge on any atom is -0.490 e. The largest absolute Gasteiger partial charge is 0.490 e. The fourth-order valence-corrected chi connectivity index (χ4v) is 4.75. The predicted octanol–water partition coefficient (Wildman–Crippen LogP) is 6.15. The van der Waals surface area contributed by atoms with E-state index in [0.717, 1.165) is 4.90 Å². The predicted molar refractivity (Wildman–Crippen MR) is 153 cm³/mol. The molecule has 4 rings (SSSR count). The van der Waals surface area contributed by atoms with Crippen LogP contribution < -0.4 is 19.7 Å². The van der Waals surface area contributed by atoms with E-state index in [0.29, 0.717) is 32.8 Å². The van der Waals surface area contributed by atoms with E-state index < -0.39 is 22.8 Å². The third-order valence-corrected chi connectivity index (χ3v) is 6.95. The minimum atomic E-state index is -0.921. The molecule has 10 nitrogen and oxygen atoms in total. The quantitative estimate of drug-likeness (QED) is 0.0993. The number of amides is 4. The third-order valence-electron chi connectivity index (χ3n) is 5.41. The van der Waals surface area contributed by atoms with Gasteiger partial charge in [0.1, 0.15) is 12.2 Å². The normalized spacial score (nSPS) is 14.4. The number of nitrogens with one attached hydrogen (secondary N) is 1. The van der Waals surface area contributed by atoms with Crippen molar-refractivity contribution in [3.8, 4) is 11.5 Å². The second-order valence-corrected chi connectivity index (χ2v) is 10.0. The summed E-state index contributed by atoms with van der Waals surface area (Å²) in [6, 6.07) is 12.6. The molecular weight excluding hydrogens is 664 g/mol. The summed E-state index contributed by atoms with van der Waals surface area (Å²) in [5.41, 5.74) is 0.822. The van der Waals surface area contributed by atoms with Gasteiger partial charge in [0.15, 0.2) is 11.5 Å². The lowest BCUT2D eigenvalue weighted by molar-refractivity contribution is -0.384. The number of nitro groups is 1. The second-order valence-electron chi connectivity index (χ2n) is 8.03. The number of hydrogen-bond donors (Lipinski definition) is 1. The number of benzene rings is 3. The lowest BCUT2D eigenvalue weighted by Gasteiger charge is -2.26. The number of nitrogens with zero attached hydrogens (tertiary/aromatic N) is 2. The fraction of sp³-hybridized carbons (Fsp3) is 0.115. The van der Waals surface area contributed by atoms with Crippen molar-refractivity contribution >= 4 is 81.1 Å². The summed E-state index contributed by atoms with van der Waals surface area (Å²) in [7, 11) is 0. The molecule has 3 aromatic rings. The molecule has 1 N–H and O–H groups in total. The van der Waals surface area contributed by atoms with Gasteiger partial charge in [-0.1, -0.05) is 35.3 Å². The summed E-state index contributed by atoms with van der Waals surface area (Å²) in [4.78, 5) is 49.7. The van der Waals surface area contributed by atoms with E-state index in [1.54, 1.807) is 31.2 Å². The van der Waals surface area contributed by atoms with E-state index in [1.807, 2.05) is 22.6 Å². The molecule has 0 spiro atoms. The highest BCUT2D eigenvalue weighted by Gasteiger charge is 2.37.